The fourth-order valence-corrected chi connectivity index (χ4v) is 8.02. The zero-order chi connectivity index (χ0) is 36.6. The first-order valence-electron chi connectivity index (χ1n) is 17.3. The lowest BCUT2D eigenvalue weighted by Gasteiger charge is -2.54. The molecule has 0 spiro atoms. The predicted octanol–water partition coefficient (Wildman–Crippen LogP) is 4.05. The predicted molar refractivity (Wildman–Crippen MR) is 181 cm³/mol. The molecule has 2 saturated heterocycles. The lowest BCUT2D eigenvalue weighted by molar-refractivity contribution is -0.137. The second-order valence-electron chi connectivity index (χ2n) is 13.8. The maximum Gasteiger partial charge on any atom is 0.416 e. The third-order valence-corrected chi connectivity index (χ3v) is 10.9. The number of hydrogen-bond acceptors (Lipinski definition) is 10. The van der Waals surface area contributed by atoms with Gasteiger partial charge in [0.1, 0.15) is 30.2 Å². The smallest absolute Gasteiger partial charge is 0.416 e. The van der Waals surface area contributed by atoms with E-state index in [-0.39, 0.29) is 65.3 Å². The number of pyridine rings is 1. The molecule has 13 nitrogen and oxygen atoms in total. The molecular formula is C35H35F4N9O4. The molecule has 0 radical (unpaired) electrons. The van der Waals surface area contributed by atoms with Gasteiger partial charge in [-0.3, -0.25) is 14.4 Å². The summed E-state index contributed by atoms with van der Waals surface area (Å²) in [5, 5.41) is 12.9. The van der Waals surface area contributed by atoms with E-state index >= 15 is 0 Å². The average molecular weight is 722 g/mol. The van der Waals surface area contributed by atoms with Crippen molar-refractivity contribution in [2.45, 2.75) is 76.8 Å². The van der Waals surface area contributed by atoms with Gasteiger partial charge < -0.3 is 29.7 Å². The Morgan fingerprint density at radius 1 is 1.02 bits per heavy atom. The Labute approximate surface area is 294 Å². The lowest BCUT2D eigenvalue weighted by Crippen LogP contribution is -2.67. The van der Waals surface area contributed by atoms with Crippen molar-refractivity contribution in [1.82, 2.24) is 29.4 Å². The highest BCUT2D eigenvalue weighted by atomic mass is 19.4. The molecular weight excluding hydrogens is 686 g/mol. The highest BCUT2D eigenvalue weighted by Crippen LogP contribution is 2.46. The van der Waals surface area contributed by atoms with Gasteiger partial charge in [0, 0.05) is 37.4 Å². The SMILES string of the molecule is CCc1c(N2CCN(C(=O)c3ncnc(C)c3O)[C@H]3CC[C@@H]32)c(=O)c2nc(N3CC[C@H]4C[C@H]43)cnc2n1CC(=O)Nc1ccc(C(F)(F)F)cc1F. The summed E-state index contributed by atoms with van der Waals surface area (Å²) < 4.78 is 55.7. The normalized spacial score (nSPS) is 22.2. The minimum absolute atomic E-state index is 0.0538. The van der Waals surface area contributed by atoms with Gasteiger partial charge in [0.15, 0.2) is 22.6 Å². The van der Waals surface area contributed by atoms with Crippen LogP contribution in [0.25, 0.3) is 11.2 Å². The number of anilines is 3. The molecule has 17 heteroatoms. The Morgan fingerprint density at radius 2 is 1.81 bits per heavy atom. The number of amides is 2. The molecule has 2 aliphatic heterocycles. The van der Waals surface area contributed by atoms with Gasteiger partial charge in [-0.25, -0.2) is 24.3 Å². The zero-order valence-corrected chi connectivity index (χ0v) is 28.3. The van der Waals surface area contributed by atoms with Crippen molar-refractivity contribution in [3.05, 3.63) is 69.4 Å². The molecule has 2 amide bonds. The van der Waals surface area contributed by atoms with E-state index in [1.165, 1.54) is 6.33 Å². The van der Waals surface area contributed by atoms with E-state index in [0.29, 0.717) is 54.1 Å². The van der Waals surface area contributed by atoms with Gasteiger partial charge in [-0.15, -0.1) is 0 Å². The van der Waals surface area contributed by atoms with Gasteiger partial charge in [0.05, 0.1) is 29.2 Å². The van der Waals surface area contributed by atoms with Crippen LogP contribution in [0.2, 0.25) is 0 Å². The Hall–Kier alpha value is -5.35. The topological polar surface area (TPSA) is 150 Å². The van der Waals surface area contributed by atoms with Crippen LogP contribution in [0.15, 0.2) is 35.5 Å². The minimum atomic E-state index is -4.76. The summed E-state index contributed by atoms with van der Waals surface area (Å²) in [7, 11) is 0. The number of aryl methyl sites for hydroxylation is 1. The van der Waals surface area contributed by atoms with E-state index in [9.17, 15) is 37.1 Å². The van der Waals surface area contributed by atoms with Crippen LogP contribution < -0.4 is 20.5 Å². The maximum atomic E-state index is 14.7. The third-order valence-electron chi connectivity index (χ3n) is 10.9. The molecule has 4 fully saturated rings. The number of fused-ring (bicyclic) bond motifs is 3. The van der Waals surface area contributed by atoms with Crippen LogP contribution in [0.5, 0.6) is 5.75 Å². The molecule has 272 valence electrons. The number of carbonyl (C=O) groups excluding carboxylic acids is 2. The number of nitrogens with one attached hydrogen (secondary N) is 1. The van der Waals surface area contributed by atoms with Crippen molar-refractivity contribution in [3.8, 4) is 5.75 Å². The summed E-state index contributed by atoms with van der Waals surface area (Å²) in [6.45, 7) is 4.24. The minimum Gasteiger partial charge on any atom is -0.504 e. The number of aromatic nitrogens is 5. The fraction of sp³-hybridized carbons (Fsp3) is 0.457. The molecule has 4 aliphatic rings. The van der Waals surface area contributed by atoms with Crippen molar-refractivity contribution >= 4 is 40.2 Å². The molecule has 4 atom stereocenters. The molecule has 8 rings (SSSR count). The molecule has 4 aromatic rings. The van der Waals surface area contributed by atoms with Gasteiger partial charge in [0.25, 0.3) is 5.91 Å². The van der Waals surface area contributed by atoms with E-state index < -0.39 is 41.6 Å². The highest BCUT2D eigenvalue weighted by molar-refractivity contribution is 5.96. The van der Waals surface area contributed by atoms with Gasteiger partial charge in [-0.1, -0.05) is 6.92 Å². The molecule has 52 heavy (non-hydrogen) atoms. The molecule has 0 unspecified atom stereocenters. The molecule has 2 N–H and O–H groups in total. The van der Waals surface area contributed by atoms with Crippen molar-refractivity contribution < 1.29 is 32.3 Å². The maximum absolute atomic E-state index is 14.7. The largest absolute Gasteiger partial charge is 0.504 e. The Morgan fingerprint density at radius 3 is 2.46 bits per heavy atom. The fourth-order valence-electron chi connectivity index (χ4n) is 8.02. The van der Waals surface area contributed by atoms with Crippen LogP contribution in [0, 0.1) is 18.7 Å². The van der Waals surface area contributed by atoms with Crippen LogP contribution in [0.4, 0.5) is 34.8 Å². The van der Waals surface area contributed by atoms with E-state index in [4.69, 9.17) is 4.98 Å². The Balaban J connectivity index is 1.17. The number of nitrogens with zero attached hydrogens (tertiary/aromatic N) is 8. The van der Waals surface area contributed by atoms with Crippen LogP contribution in [0.1, 0.15) is 60.0 Å². The van der Waals surface area contributed by atoms with Crippen molar-refractivity contribution in [1.29, 1.82) is 0 Å². The van der Waals surface area contributed by atoms with Gasteiger partial charge in [-0.05, 0) is 63.1 Å². The number of piperidine rings is 1. The number of hydrogen-bond donors (Lipinski definition) is 2. The molecule has 1 aromatic carbocycles. The second-order valence-corrected chi connectivity index (χ2v) is 13.8. The van der Waals surface area contributed by atoms with Crippen LogP contribution in [0.3, 0.4) is 0 Å². The summed E-state index contributed by atoms with van der Waals surface area (Å²) in [4.78, 5) is 65.0. The summed E-state index contributed by atoms with van der Waals surface area (Å²) in [5.41, 5.74) is -0.790. The zero-order valence-electron chi connectivity index (χ0n) is 28.3. The summed E-state index contributed by atoms with van der Waals surface area (Å²) in [6, 6.07) is 1.66. The number of aromatic hydroxyl groups is 1. The number of benzene rings is 1. The quantitative estimate of drug-likeness (QED) is 0.268. The second kappa shape index (κ2) is 12.4. The van der Waals surface area contributed by atoms with Gasteiger partial charge >= 0.3 is 6.18 Å². The van der Waals surface area contributed by atoms with Gasteiger partial charge in [-0.2, -0.15) is 13.2 Å². The van der Waals surface area contributed by atoms with E-state index in [1.54, 1.807) is 22.6 Å². The average Bonchev–Trinajstić information content (AvgIpc) is 3.75. The molecule has 2 aliphatic carbocycles. The van der Waals surface area contributed by atoms with E-state index in [2.05, 4.69) is 25.2 Å². The molecule has 3 aromatic heterocycles. The van der Waals surface area contributed by atoms with Crippen molar-refractivity contribution in [2.24, 2.45) is 5.92 Å². The highest BCUT2D eigenvalue weighted by Gasteiger charge is 2.49. The first-order chi connectivity index (χ1) is 24.8. The summed E-state index contributed by atoms with van der Waals surface area (Å²) >= 11 is 0. The van der Waals surface area contributed by atoms with Gasteiger partial charge in [0.2, 0.25) is 11.3 Å². The summed E-state index contributed by atoms with van der Waals surface area (Å²) in [6.07, 6.45) is 1.73. The Bertz CT molecular complexity index is 2190. The number of halogens is 4. The van der Waals surface area contributed by atoms with Crippen LogP contribution in [-0.2, 0) is 23.9 Å². The molecule has 5 heterocycles. The third kappa shape index (κ3) is 5.56. The number of carbonyl (C=O) groups is 2. The monoisotopic (exact) mass is 721 g/mol. The van der Waals surface area contributed by atoms with E-state index in [1.807, 2.05) is 11.8 Å². The van der Waals surface area contributed by atoms with Crippen LogP contribution >= 0.6 is 0 Å². The first kappa shape index (κ1) is 33.8. The first-order valence-corrected chi connectivity index (χ1v) is 17.3. The van der Waals surface area contributed by atoms with Crippen molar-refractivity contribution in [2.75, 3.05) is 34.8 Å². The van der Waals surface area contributed by atoms with E-state index in [0.717, 1.165) is 25.5 Å². The molecule has 2 saturated carbocycles. The summed E-state index contributed by atoms with van der Waals surface area (Å²) in [5.74, 6) is -1.56. The lowest BCUT2D eigenvalue weighted by atomic mass is 9.81. The van der Waals surface area contributed by atoms with Crippen LogP contribution in [-0.4, -0.2) is 84.1 Å². The molecule has 0 bridgehead atoms. The Kier molecular flexibility index (Phi) is 8.06. The number of piperazine rings is 1. The number of alkyl halides is 3. The van der Waals surface area contributed by atoms with Crippen molar-refractivity contribution in [3.63, 3.8) is 0 Å². The standard InChI is InChI=1S/C35H35F4N9O4/c1-3-22-30(46-10-11-47(24-7-6-23(24)46)34(52)29-31(50)17(2)41-16-42-29)32(51)28-33(40-14-26(44-28)45-9-8-18-12-25(18)45)48(22)15-27(49)43-21-5-4-19(13-20(21)36)35(37,38)39/h4-5,13-14,16,18,23-25,50H,3,6-12,15H2,1-2H3,(H,43,49)/t18-,23-,24-,25+/m0/s1. The number of rotatable bonds is 7.